The zero-order valence-electron chi connectivity index (χ0n) is 36.7. The Morgan fingerprint density at radius 3 is 0.682 bits per heavy atom. The van der Waals surface area contributed by atoms with Gasteiger partial charge in [-0.3, -0.25) is 20.0 Å². The summed E-state index contributed by atoms with van der Waals surface area (Å²) in [5.74, 6) is 0. The molecule has 10 heterocycles. The van der Waals surface area contributed by atoms with Crippen LogP contribution in [0.4, 0.5) is 22.7 Å². The van der Waals surface area contributed by atoms with Crippen molar-refractivity contribution >= 4 is 22.7 Å². The summed E-state index contributed by atoms with van der Waals surface area (Å²) in [6.07, 6.45) is 0. The highest BCUT2D eigenvalue weighted by atomic mass is 15.9. The number of hydrazine groups is 4. The van der Waals surface area contributed by atoms with Crippen LogP contribution in [-0.4, -0.2) is 10.2 Å². The third-order valence-corrected chi connectivity index (χ3v) is 13.9. The Bertz CT molecular complexity index is 2810. The summed E-state index contributed by atoms with van der Waals surface area (Å²) in [5.41, 5.74) is 22.1. The summed E-state index contributed by atoms with van der Waals surface area (Å²) >= 11 is 0. The van der Waals surface area contributed by atoms with E-state index in [4.69, 9.17) is 0 Å². The Kier molecular flexibility index (Phi) is 9.32. The van der Waals surface area contributed by atoms with Crippen LogP contribution in [0.3, 0.4) is 0 Å². The average Bonchev–Trinajstić information content (AvgIpc) is 3.81. The maximum absolute atomic E-state index is 2.47. The third kappa shape index (κ3) is 6.99. The Balaban J connectivity index is 0.981. The van der Waals surface area contributed by atoms with Gasteiger partial charge in [0.05, 0.1) is 62.0 Å². The monoisotopic (exact) mass is 852 g/mol. The maximum atomic E-state index is 2.47. The van der Waals surface area contributed by atoms with Gasteiger partial charge >= 0.3 is 0 Å². The van der Waals surface area contributed by atoms with Crippen molar-refractivity contribution in [1.82, 2.24) is 10.2 Å². The lowest BCUT2D eigenvalue weighted by atomic mass is 9.97. The Morgan fingerprint density at radius 2 is 0.424 bits per heavy atom. The molecule has 318 valence electrons. The standard InChI is InChI=1S/C60H48N6/c1-2-12-58-57(11-1)61-37-43-19-27-49(28-20-43)53-7-5-9-55(35-53)51-31-23-45(24-32-51)39-63-59-13-3-4-14-60(59)64-40-46-25-33-52(34-26-46)56-10-6-8-54(36-56)50-29-21-44(22-30-50)38-62(58)65(61)41-47-15-17-48(18-16-47)42-66(63)64/h1-36H,37-42H2. The number of nitrogens with zero attached hydrogens (tertiary/aromatic N) is 6. The summed E-state index contributed by atoms with van der Waals surface area (Å²) in [6.45, 7) is 4.35. The van der Waals surface area contributed by atoms with Gasteiger partial charge in [0, 0.05) is 0 Å². The first-order valence-corrected chi connectivity index (χ1v) is 23.1. The van der Waals surface area contributed by atoms with Gasteiger partial charge in [-0.1, -0.05) is 182 Å². The van der Waals surface area contributed by atoms with Gasteiger partial charge < -0.3 is 0 Å². The largest absolute Gasteiger partial charge is 0.281 e. The van der Waals surface area contributed by atoms with Gasteiger partial charge in [-0.25, -0.2) is 0 Å². The van der Waals surface area contributed by atoms with Crippen LogP contribution in [0.25, 0.3) is 44.5 Å². The van der Waals surface area contributed by atoms with E-state index in [-0.39, 0.29) is 0 Å². The first-order chi connectivity index (χ1) is 32.6. The van der Waals surface area contributed by atoms with Crippen LogP contribution < -0.4 is 20.0 Å². The molecule has 9 aromatic carbocycles. The highest BCUT2D eigenvalue weighted by Crippen LogP contribution is 2.44. The molecular weight excluding hydrogens is 805 g/mol. The van der Waals surface area contributed by atoms with Gasteiger partial charge in [0.25, 0.3) is 0 Å². The first-order valence-electron chi connectivity index (χ1n) is 23.1. The second kappa shape index (κ2) is 16.0. The molecule has 6 heteroatoms. The molecule has 0 saturated heterocycles. The Morgan fingerprint density at radius 1 is 0.197 bits per heavy atom. The molecular formula is C60H48N6. The molecule has 10 aliphatic heterocycles. The molecule has 9 aromatic rings. The van der Waals surface area contributed by atoms with Crippen LogP contribution in [0.2, 0.25) is 0 Å². The molecule has 0 aliphatic carbocycles. The number of hydrogen-bond donors (Lipinski definition) is 0. The van der Waals surface area contributed by atoms with Crippen molar-refractivity contribution in [3.05, 3.63) is 252 Å². The molecule has 0 aromatic heterocycles. The molecule has 0 N–H and O–H groups in total. The van der Waals surface area contributed by atoms with E-state index in [1.54, 1.807) is 0 Å². The van der Waals surface area contributed by atoms with E-state index in [9.17, 15) is 0 Å². The normalized spacial score (nSPS) is 15.3. The minimum absolute atomic E-state index is 0.712. The van der Waals surface area contributed by atoms with Crippen molar-refractivity contribution in [2.45, 2.75) is 39.3 Å². The van der Waals surface area contributed by atoms with E-state index in [1.165, 1.54) is 101 Å². The predicted molar refractivity (Wildman–Crippen MR) is 270 cm³/mol. The Labute approximate surface area is 386 Å². The minimum atomic E-state index is 0.712. The number of hydrogen-bond acceptors (Lipinski definition) is 6. The van der Waals surface area contributed by atoms with Gasteiger partial charge in [0.2, 0.25) is 0 Å². The van der Waals surface area contributed by atoms with Crippen LogP contribution in [0.5, 0.6) is 0 Å². The van der Waals surface area contributed by atoms with Crippen LogP contribution in [-0.2, 0) is 39.3 Å². The van der Waals surface area contributed by atoms with E-state index >= 15 is 0 Å². The quantitative estimate of drug-likeness (QED) is 0.150. The van der Waals surface area contributed by atoms with Gasteiger partial charge in [-0.15, -0.1) is 10.2 Å². The van der Waals surface area contributed by atoms with E-state index in [0.717, 1.165) is 26.2 Å². The summed E-state index contributed by atoms with van der Waals surface area (Å²) in [6, 6.07) is 81.7. The van der Waals surface area contributed by atoms with E-state index in [0.29, 0.717) is 13.1 Å². The van der Waals surface area contributed by atoms with Crippen molar-refractivity contribution in [3.63, 3.8) is 0 Å². The average molecular weight is 853 g/mol. The van der Waals surface area contributed by atoms with Crippen molar-refractivity contribution in [2.24, 2.45) is 0 Å². The van der Waals surface area contributed by atoms with E-state index in [1.807, 2.05) is 0 Å². The SMILES string of the molecule is c1cc2cc(c1)-c1ccc(cc1)CN1c3ccccc3N3Cc4ccc(cc4)-c4cccc(c4)-c4ccc(cc4)CN4c5ccccc5N(Cc5ccc-2cc5)N4Cc2ccc(cc2)CN13. The molecule has 0 radical (unpaired) electrons. The summed E-state index contributed by atoms with van der Waals surface area (Å²) in [5, 5.41) is 14.8. The maximum Gasteiger partial charge on any atom is 0.0792 e. The third-order valence-electron chi connectivity index (χ3n) is 13.9. The number of anilines is 4. The molecule has 0 atom stereocenters. The van der Waals surface area contributed by atoms with Crippen molar-refractivity contribution in [1.29, 1.82) is 0 Å². The molecule has 0 spiro atoms. The second-order valence-corrected chi connectivity index (χ2v) is 18.0. The fourth-order valence-electron chi connectivity index (χ4n) is 10.3. The van der Waals surface area contributed by atoms with Gasteiger partial charge in [-0.2, -0.15) is 0 Å². The lowest BCUT2D eigenvalue weighted by Gasteiger charge is -2.37. The number of rotatable bonds is 0. The minimum Gasteiger partial charge on any atom is -0.281 e. The highest BCUT2D eigenvalue weighted by molar-refractivity contribution is 5.78. The van der Waals surface area contributed by atoms with Crippen LogP contribution in [0, 0.1) is 0 Å². The van der Waals surface area contributed by atoms with E-state index < -0.39 is 0 Å². The van der Waals surface area contributed by atoms with Crippen molar-refractivity contribution < 1.29 is 0 Å². The Hall–Kier alpha value is -7.90. The second-order valence-electron chi connectivity index (χ2n) is 18.0. The van der Waals surface area contributed by atoms with Gasteiger partial charge in [-0.05, 0) is 114 Å². The van der Waals surface area contributed by atoms with Crippen LogP contribution >= 0.6 is 0 Å². The van der Waals surface area contributed by atoms with Crippen molar-refractivity contribution in [3.8, 4) is 44.5 Å². The zero-order chi connectivity index (χ0) is 43.6. The summed E-state index contributed by atoms with van der Waals surface area (Å²) in [7, 11) is 0. The predicted octanol–water partition coefficient (Wildman–Crippen LogP) is 13.7. The van der Waals surface area contributed by atoms with Crippen LogP contribution in [0.1, 0.15) is 33.4 Å². The van der Waals surface area contributed by atoms with Crippen LogP contribution in [0.15, 0.2) is 218 Å². The zero-order valence-corrected chi connectivity index (χ0v) is 36.7. The number of para-hydroxylation sites is 4. The molecule has 16 bridgehead atoms. The highest BCUT2D eigenvalue weighted by Gasteiger charge is 2.36. The van der Waals surface area contributed by atoms with Gasteiger partial charge in [0.1, 0.15) is 0 Å². The van der Waals surface area contributed by atoms with Gasteiger partial charge in [0.15, 0.2) is 0 Å². The summed E-state index contributed by atoms with van der Waals surface area (Å²) < 4.78 is 0. The number of fused-ring (bicyclic) bond motifs is 6. The molecule has 6 nitrogen and oxygen atoms in total. The lowest BCUT2D eigenvalue weighted by molar-refractivity contribution is 0.227. The molecule has 0 fully saturated rings. The topological polar surface area (TPSA) is 19.4 Å². The first kappa shape index (κ1) is 38.5. The fraction of sp³-hybridized carbons (Fsp3) is 0.100. The molecule has 0 saturated carbocycles. The molecule has 10 aliphatic rings. The molecule has 0 amide bonds. The van der Waals surface area contributed by atoms with Crippen molar-refractivity contribution in [2.75, 3.05) is 20.0 Å². The molecule has 19 rings (SSSR count). The lowest BCUT2D eigenvalue weighted by Crippen LogP contribution is -2.48. The van der Waals surface area contributed by atoms with E-state index in [2.05, 4.69) is 249 Å². The fourth-order valence-corrected chi connectivity index (χ4v) is 10.3. The molecule has 66 heavy (non-hydrogen) atoms. The number of benzene rings is 9. The molecule has 0 unspecified atom stereocenters. The smallest absolute Gasteiger partial charge is 0.0792 e. The summed E-state index contributed by atoms with van der Waals surface area (Å²) in [4.78, 5) is 0.